The molecular weight excluding hydrogens is 424 g/mol. The number of likely N-dealkylation sites (N-methyl/N-ethyl adjacent to an activating group) is 1. The number of hydrogen-bond acceptors (Lipinski definition) is 6. The summed E-state index contributed by atoms with van der Waals surface area (Å²) in [4.78, 5) is 28.7. The number of aryl methyl sites for hydroxylation is 1. The molecule has 0 saturated heterocycles. The first-order chi connectivity index (χ1) is 15.4. The molecule has 0 radical (unpaired) electrons. The second-order valence-corrected chi connectivity index (χ2v) is 8.77. The summed E-state index contributed by atoms with van der Waals surface area (Å²) in [6.07, 6.45) is 3.16. The first-order valence-corrected chi connectivity index (χ1v) is 11.2. The lowest BCUT2D eigenvalue weighted by Crippen LogP contribution is -2.50. The van der Waals surface area contributed by atoms with Crippen LogP contribution in [0.5, 0.6) is 0 Å². The van der Waals surface area contributed by atoms with Crippen LogP contribution in [0.25, 0.3) is 10.9 Å². The number of benzene rings is 2. The largest absolute Gasteiger partial charge is 0.403 e. The van der Waals surface area contributed by atoms with Crippen molar-refractivity contribution in [2.75, 3.05) is 17.7 Å². The summed E-state index contributed by atoms with van der Waals surface area (Å²) in [5.74, 6) is 5.83. The molecule has 0 saturated carbocycles. The maximum Gasteiger partial charge on any atom is 0.271 e. The van der Waals surface area contributed by atoms with E-state index in [0.29, 0.717) is 12.3 Å². The third kappa shape index (κ3) is 4.17. The second kappa shape index (κ2) is 8.97. The van der Waals surface area contributed by atoms with Crippen molar-refractivity contribution < 1.29 is 9.59 Å². The van der Waals surface area contributed by atoms with E-state index in [9.17, 15) is 9.59 Å². The number of nitrogens with one attached hydrogen (secondary N) is 1. The standard InChI is InChI=1S/C23H26N6O2S/c1-27-9-8-16-10-19-21(11-18(16)27)32-14-17(23(31)28(19)2)26-22(30)20(12-24)29(25)13-15-6-4-3-5-7-15/h3-12,17H,13-14,24-25H2,1-2H3,(H,26,30)/b20-12-/t17-/m0/s1. The monoisotopic (exact) mass is 450 g/mol. The van der Waals surface area contributed by atoms with Crippen LogP contribution in [0.4, 0.5) is 5.69 Å². The molecule has 4 rings (SSSR count). The number of fused-ring (bicyclic) bond motifs is 2. The molecule has 5 N–H and O–H groups in total. The number of hydrazine groups is 1. The summed E-state index contributed by atoms with van der Waals surface area (Å²) < 4.78 is 2.04. The average Bonchev–Trinajstić information content (AvgIpc) is 3.10. The Morgan fingerprint density at radius 3 is 2.72 bits per heavy atom. The average molecular weight is 451 g/mol. The highest BCUT2D eigenvalue weighted by Crippen LogP contribution is 2.37. The highest BCUT2D eigenvalue weighted by molar-refractivity contribution is 7.99. The summed E-state index contributed by atoms with van der Waals surface area (Å²) in [7, 11) is 3.72. The summed E-state index contributed by atoms with van der Waals surface area (Å²) in [5.41, 5.74) is 8.66. The smallest absolute Gasteiger partial charge is 0.271 e. The van der Waals surface area contributed by atoms with E-state index in [2.05, 4.69) is 11.4 Å². The summed E-state index contributed by atoms with van der Waals surface area (Å²) in [5, 5.41) is 5.15. The van der Waals surface area contributed by atoms with E-state index < -0.39 is 11.9 Å². The van der Waals surface area contributed by atoms with Gasteiger partial charge in [0.1, 0.15) is 11.7 Å². The molecule has 2 aromatic carbocycles. The van der Waals surface area contributed by atoms with Crippen LogP contribution in [-0.2, 0) is 23.2 Å². The van der Waals surface area contributed by atoms with Crippen LogP contribution in [-0.4, -0.2) is 40.2 Å². The van der Waals surface area contributed by atoms with Gasteiger partial charge in [0.05, 0.1) is 12.2 Å². The molecule has 166 valence electrons. The number of carbonyl (C=O) groups excluding carboxylic acids is 2. The van der Waals surface area contributed by atoms with Gasteiger partial charge in [-0.15, -0.1) is 11.8 Å². The van der Waals surface area contributed by atoms with E-state index >= 15 is 0 Å². The van der Waals surface area contributed by atoms with Crippen molar-refractivity contribution in [3.63, 3.8) is 0 Å². The van der Waals surface area contributed by atoms with Crippen LogP contribution in [0.15, 0.2) is 71.5 Å². The molecule has 1 aliphatic rings. The Morgan fingerprint density at radius 2 is 2.00 bits per heavy atom. The van der Waals surface area contributed by atoms with Crippen LogP contribution in [0.3, 0.4) is 0 Å². The van der Waals surface area contributed by atoms with Crippen molar-refractivity contribution in [1.29, 1.82) is 0 Å². The molecule has 1 aliphatic heterocycles. The SMILES string of the molecule is CN1C(=O)[C@@H](NC(=O)/C(=C/N)N(N)Cc2ccccc2)CSc2cc3c(ccn3C)cc21. The van der Waals surface area contributed by atoms with E-state index in [1.165, 1.54) is 16.8 Å². The van der Waals surface area contributed by atoms with Gasteiger partial charge in [-0.2, -0.15) is 0 Å². The Morgan fingerprint density at radius 1 is 1.25 bits per heavy atom. The van der Waals surface area contributed by atoms with Gasteiger partial charge >= 0.3 is 0 Å². The van der Waals surface area contributed by atoms with E-state index in [-0.39, 0.29) is 11.6 Å². The van der Waals surface area contributed by atoms with E-state index in [4.69, 9.17) is 11.6 Å². The zero-order chi connectivity index (χ0) is 22.8. The fraction of sp³-hybridized carbons (Fsp3) is 0.217. The summed E-state index contributed by atoms with van der Waals surface area (Å²) in [6.45, 7) is 0.308. The van der Waals surface area contributed by atoms with Crippen molar-refractivity contribution in [1.82, 2.24) is 14.9 Å². The van der Waals surface area contributed by atoms with Crippen LogP contribution in [0, 0.1) is 0 Å². The first kappa shape index (κ1) is 21.8. The molecule has 2 amide bonds. The molecule has 1 aromatic heterocycles. The number of aromatic nitrogens is 1. The van der Waals surface area contributed by atoms with Crippen LogP contribution in [0.1, 0.15) is 5.56 Å². The lowest BCUT2D eigenvalue weighted by molar-refractivity contribution is -0.125. The van der Waals surface area contributed by atoms with Crippen molar-refractivity contribution in [2.45, 2.75) is 17.5 Å². The lowest BCUT2D eigenvalue weighted by atomic mass is 10.2. The van der Waals surface area contributed by atoms with Gasteiger partial charge in [-0.05, 0) is 23.8 Å². The molecule has 0 aliphatic carbocycles. The minimum atomic E-state index is -0.715. The molecule has 0 bridgehead atoms. The second-order valence-electron chi connectivity index (χ2n) is 7.71. The molecule has 0 spiro atoms. The number of amides is 2. The molecule has 32 heavy (non-hydrogen) atoms. The normalized spacial score (nSPS) is 16.6. The van der Waals surface area contributed by atoms with Gasteiger partial charge in [-0.3, -0.25) is 9.59 Å². The van der Waals surface area contributed by atoms with Gasteiger partial charge in [0.2, 0.25) is 5.91 Å². The van der Waals surface area contributed by atoms with E-state index in [0.717, 1.165) is 33.2 Å². The molecule has 2 heterocycles. The van der Waals surface area contributed by atoms with Crippen molar-refractivity contribution in [3.8, 4) is 0 Å². The molecule has 8 nitrogen and oxygen atoms in total. The molecule has 0 unspecified atom stereocenters. The van der Waals surface area contributed by atoms with Gasteiger partial charge < -0.3 is 25.5 Å². The molecular formula is C23H26N6O2S. The fourth-order valence-electron chi connectivity index (χ4n) is 3.76. The predicted molar refractivity (Wildman–Crippen MR) is 127 cm³/mol. The minimum absolute atomic E-state index is 0.0989. The number of anilines is 1. The van der Waals surface area contributed by atoms with Gasteiger partial charge in [-0.25, -0.2) is 5.84 Å². The number of nitrogens with two attached hydrogens (primary N) is 2. The lowest BCUT2D eigenvalue weighted by Gasteiger charge is -2.25. The van der Waals surface area contributed by atoms with Gasteiger partial charge in [0.15, 0.2) is 0 Å². The number of nitrogens with zero attached hydrogens (tertiary/aromatic N) is 3. The van der Waals surface area contributed by atoms with E-state index in [1.54, 1.807) is 11.9 Å². The Bertz CT molecular complexity index is 1190. The molecule has 0 fully saturated rings. The minimum Gasteiger partial charge on any atom is -0.403 e. The molecule has 9 heteroatoms. The number of rotatable bonds is 5. The maximum atomic E-state index is 13.2. The number of carbonyl (C=O) groups is 2. The number of thioether (sulfide) groups is 1. The quantitative estimate of drug-likeness (QED) is 0.311. The zero-order valence-electron chi connectivity index (χ0n) is 18.0. The van der Waals surface area contributed by atoms with Crippen molar-refractivity contribution >= 4 is 40.2 Å². The Hall–Kier alpha value is -3.43. The van der Waals surface area contributed by atoms with Gasteiger partial charge in [0.25, 0.3) is 5.91 Å². The van der Waals surface area contributed by atoms with Crippen molar-refractivity contribution in [3.05, 3.63) is 72.2 Å². The van der Waals surface area contributed by atoms with Crippen LogP contribution < -0.4 is 21.8 Å². The van der Waals surface area contributed by atoms with Gasteiger partial charge in [0, 0.05) is 48.0 Å². The summed E-state index contributed by atoms with van der Waals surface area (Å²) in [6, 6.07) is 14.9. The Balaban J connectivity index is 1.50. The zero-order valence-corrected chi connectivity index (χ0v) is 18.8. The first-order valence-electron chi connectivity index (χ1n) is 10.2. The van der Waals surface area contributed by atoms with E-state index in [1.807, 2.05) is 60.3 Å². The van der Waals surface area contributed by atoms with Gasteiger partial charge in [-0.1, -0.05) is 30.3 Å². The third-order valence-corrected chi connectivity index (χ3v) is 6.70. The molecule has 3 aromatic rings. The summed E-state index contributed by atoms with van der Waals surface area (Å²) >= 11 is 1.54. The Labute approximate surface area is 190 Å². The van der Waals surface area contributed by atoms with Crippen LogP contribution in [0.2, 0.25) is 0 Å². The highest BCUT2D eigenvalue weighted by Gasteiger charge is 2.31. The third-order valence-electron chi connectivity index (χ3n) is 5.56. The van der Waals surface area contributed by atoms with Crippen LogP contribution >= 0.6 is 11.8 Å². The van der Waals surface area contributed by atoms with Crippen molar-refractivity contribution in [2.24, 2.45) is 18.6 Å². The maximum absolute atomic E-state index is 13.2. The fourth-order valence-corrected chi connectivity index (χ4v) is 4.87. The predicted octanol–water partition coefficient (Wildman–Crippen LogP) is 1.91. The molecule has 1 atom stereocenters. The number of hydrogen-bond donors (Lipinski definition) is 3. The topological polar surface area (TPSA) is 110 Å². The Kier molecular flexibility index (Phi) is 6.11. The highest BCUT2D eigenvalue weighted by atomic mass is 32.2.